The molecular weight excluding hydrogens is 360 g/mol. The first kappa shape index (κ1) is 23.6. The van der Waals surface area contributed by atoms with Crippen LogP contribution in [0.25, 0.3) is 6.08 Å². The van der Waals surface area contributed by atoms with Crippen LogP contribution in [-0.2, 0) is 23.7 Å². The number of anilines is 1. The fourth-order valence-electron chi connectivity index (χ4n) is 2.41. The van der Waals surface area contributed by atoms with Crippen molar-refractivity contribution in [3.8, 4) is 6.07 Å². The highest BCUT2D eigenvalue weighted by atomic mass is 16.6. The molecule has 0 fully saturated rings. The van der Waals surface area contributed by atoms with Crippen molar-refractivity contribution in [3.05, 3.63) is 35.4 Å². The van der Waals surface area contributed by atoms with E-state index in [1.54, 1.807) is 7.11 Å². The number of methoxy groups -OCH3 is 1. The molecule has 7 nitrogen and oxygen atoms in total. The molecule has 0 aliphatic carbocycles. The summed E-state index contributed by atoms with van der Waals surface area (Å²) >= 11 is 0. The van der Waals surface area contributed by atoms with Crippen LogP contribution in [0.5, 0.6) is 0 Å². The predicted molar refractivity (Wildman–Crippen MR) is 108 cm³/mol. The molecule has 1 rings (SSSR count). The standard InChI is InChI=1S/C21H30N2O5/c1-4-23(5-2)20-8-6-18(7-9-20)16-19(17-22)21(24)28-15-14-27-13-12-26-11-10-25-3/h6-9,16H,4-5,10-15H2,1-3H3. The minimum atomic E-state index is -0.657. The number of carbonyl (C=O) groups excluding carboxylic acids is 1. The molecule has 0 atom stereocenters. The topological polar surface area (TPSA) is 81.0 Å². The van der Waals surface area contributed by atoms with E-state index in [4.69, 9.17) is 18.9 Å². The van der Waals surface area contributed by atoms with Gasteiger partial charge in [-0.15, -0.1) is 0 Å². The lowest BCUT2D eigenvalue weighted by Crippen LogP contribution is -2.21. The third-order valence-corrected chi connectivity index (χ3v) is 3.94. The Hall–Kier alpha value is -2.40. The Bertz CT molecular complexity index is 633. The van der Waals surface area contributed by atoms with Crippen molar-refractivity contribution in [2.75, 3.05) is 64.7 Å². The summed E-state index contributed by atoms with van der Waals surface area (Å²) in [6, 6.07) is 9.60. The first-order valence-electron chi connectivity index (χ1n) is 9.44. The van der Waals surface area contributed by atoms with Crippen molar-refractivity contribution in [1.82, 2.24) is 0 Å². The maximum atomic E-state index is 12.0. The van der Waals surface area contributed by atoms with Crippen LogP contribution in [0, 0.1) is 11.3 Å². The highest BCUT2D eigenvalue weighted by molar-refractivity contribution is 5.97. The Labute approximate surface area is 167 Å². The van der Waals surface area contributed by atoms with Crippen LogP contribution < -0.4 is 4.90 Å². The quantitative estimate of drug-likeness (QED) is 0.209. The number of nitrogens with zero attached hydrogens (tertiary/aromatic N) is 2. The summed E-state index contributed by atoms with van der Waals surface area (Å²) < 4.78 is 20.5. The fraction of sp³-hybridized carbons (Fsp3) is 0.524. The highest BCUT2D eigenvalue weighted by Gasteiger charge is 2.11. The lowest BCUT2D eigenvalue weighted by molar-refractivity contribution is -0.140. The summed E-state index contributed by atoms with van der Waals surface area (Å²) in [7, 11) is 1.61. The van der Waals surface area contributed by atoms with Crippen LogP contribution >= 0.6 is 0 Å². The summed E-state index contributed by atoms with van der Waals surface area (Å²) in [5, 5.41) is 9.23. The molecule has 1 aromatic carbocycles. The van der Waals surface area contributed by atoms with Gasteiger partial charge in [0.05, 0.1) is 33.0 Å². The number of esters is 1. The summed E-state index contributed by atoms with van der Waals surface area (Å²) in [6.07, 6.45) is 1.53. The van der Waals surface area contributed by atoms with Crippen LogP contribution in [0.2, 0.25) is 0 Å². The lowest BCUT2D eigenvalue weighted by Gasteiger charge is -2.20. The Morgan fingerprint density at radius 3 is 2.11 bits per heavy atom. The van der Waals surface area contributed by atoms with Crippen LogP contribution in [0.4, 0.5) is 5.69 Å². The van der Waals surface area contributed by atoms with Crippen molar-refractivity contribution in [2.45, 2.75) is 13.8 Å². The third-order valence-electron chi connectivity index (χ3n) is 3.94. The van der Waals surface area contributed by atoms with Gasteiger partial charge in [0.25, 0.3) is 0 Å². The van der Waals surface area contributed by atoms with Crippen molar-refractivity contribution < 1.29 is 23.7 Å². The summed E-state index contributed by atoms with van der Waals surface area (Å²) in [4.78, 5) is 14.3. The number of nitriles is 1. The molecule has 0 aliphatic heterocycles. The van der Waals surface area contributed by atoms with E-state index in [2.05, 4.69) is 18.7 Å². The van der Waals surface area contributed by atoms with E-state index < -0.39 is 5.97 Å². The molecule has 0 aromatic heterocycles. The number of rotatable bonds is 14. The van der Waals surface area contributed by atoms with Gasteiger partial charge in [0.15, 0.2) is 0 Å². The van der Waals surface area contributed by atoms with Crippen LogP contribution in [0.1, 0.15) is 19.4 Å². The van der Waals surface area contributed by atoms with Crippen molar-refractivity contribution >= 4 is 17.7 Å². The molecule has 0 amide bonds. The number of hydrogen-bond donors (Lipinski definition) is 0. The fourth-order valence-corrected chi connectivity index (χ4v) is 2.41. The van der Waals surface area contributed by atoms with E-state index in [1.165, 1.54) is 6.08 Å². The maximum absolute atomic E-state index is 12.0. The Morgan fingerprint density at radius 1 is 1.00 bits per heavy atom. The highest BCUT2D eigenvalue weighted by Crippen LogP contribution is 2.17. The van der Waals surface area contributed by atoms with Gasteiger partial charge in [-0.05, 0) is 37.6 Å². The molecule has 0 saturated heterocycles. The monoisotopic (exact) mass is 390 g/mol. The second-order valence-electron chi connectivity index (χ2n) is 5.79. The molecule has 7 heteroatoms. The smallest absolute Gasteiger partial charge is 0.348 e. The van der Waals surface area contributed by atoms with Crippen LogP contribution in [-0.4, -0.2) is 65.8 Å². The summed E-state index contributed by atoms with van der Waals surface area (Å²) in [5.74, 6) is -0.657. The van der Waals surface area contributed by atoms with E-state index in [0.29, 0.717) is 26.4 Å². The number of carbonyl (C=O) groups is 1. The Balaban J connectivity index is 2.41. The molecule has 28 heavy (non-hydrogen) atoms. The number of ether oxygens (including phenoxy) is 4. The molecular formula is C21H30N2O5. The van der Waals surface area contributed by atoms with Crippen molar-refractivity contribution in [2.24, 2.45) is 0 Å². The third kappa shape index (κ3) is 9.00. The van der Waals surface area contributed by atoms with Crippen molar-refractivity contribution in [3.63, 3.8) is 0 Å². The molecule has 0 spiro atoms. The van der Waals surface area contributed by atoms with E-state index in [9.17, 15) is 10.1 Å². The van der Waals surface area contributed by atoms with E-state index in [0.717, 1.165) is 24.3 Å². The average molecular weight is 390 g/mol. The second kappa shape index (κ2) is 14.6. The molecule has 0 N–H and O–H groups in total. The summed E-state index contributed by atoms with van der Waals surface area (Å²) in [6.45, 7) is 8.27. The molecule has 1 aromatic rings. The van der Waals surface area contributed by atoms with Gasteiger partial charge in [0.2, 0.25) is 0 Å². The largest absolute Gasteiger partial charge is 0.459 e. The molecule has 0 unspecified atom stereocenters. The average Bonchev–Trinajstić information content (AvgIpc) is 2.72. The van der Waals surface area contributed by atoms with Gasteiger partial charge in [0.1, 0.15) is 18.2 Å². The minimum Gasteiger partial charge on any atom is -0.459 e. The van der Waals surface area contributed by atoms with Gasteiger partial charge in [-0.3, -0.25) is 0 Å². The van der Waals surface area contributed by atoms with Crippen molar-refractivity contribution in [1.29, 1.82) is 5.26 Å². The normalized spacial score (nSPS) is 11.1. The second-order valence-corrected chi connectivity index (χ2v) is 5.79. The molecule has 0 radical (unpaired) electrons. The zero-order valence-corrected chi connectivity index (χ0v) is 17.0. The predicted octanol–water partition coefficient (Wildman–Crippen LogP) is 2.66. The summed E-state index contributed by atoms with van der Waals surface area (Å²) in [5.41, 5.74) is 1.83. The molecule has 0 heterocycles. The van der Waals surface area contributed by atoms with Gasteiger partial charge < -0.3 is 23.8 Å². The Kier molecular flexibility index (Phi) is 12.4. The Morgan fingerprint density at radius 2 is 1.57 bits per heavy atom. The SMILES string of the molecule is CCN(CC)c1ccc(C=C(C#N)C(=O)OCCOCCOCCOC)cc1. The molecule has 0 bridgehead atoms. The van der Waals surface area contributed by atoms with E-state index in [1.807, 2.05) is 30.3 Å². The van der Waals surface area contributed by atoms with Gasteiger partial charge in [0, 0.05) is 25.9 Å². The molecule has 0 aliphatic rings. The molecule has 154 valence electrons. The van der Waals surface area contributed by atoms with Gasteiger partial charge in [-0.25, -0.2) is 4.79 Å². The van der Waals surface area contributed by atoms with Gasteiger partial charge in [-0.1, -0.05) is 12.1 Å². The molecule has 0 saturated carbocycles. The van der Waals surface area contributed by atoms with Gasteiger partial charge >= 0.3 is 5.97 Å². The lowest BCUT2D eigenvalue weighted by atomic mass is 10.1. The maximum Gasteiger partial charge on any atom is 0.348 e. The number of hydrogen-bond acceptors (Lipinski definition) is 7. The van der Waals surface area contributed by atoms with Crippen LogP contribution in [0.15, 0.2) is 29.8 Å². The zero-order chi connectivity index (χ0) is 20.6. The first-order valence-corrected chi connectivity index (χ1v) is 9.44. The number of benzene rings is 1. The van der Waals surface area contributed by atoms with Gasteiger partial charge in [-0.2, -0.15) is 5.26 Å². The zero-order valence-electron chi connectivity index (χ0n) is 17.0. The van der Waals surface area contributed by atoms with E-state index in [-0.39, 0.29) is 18.8 Å². The minimum absolute atomic E-state index is 0.0431. The van der Waals surface area contributed by atoms with E-state index >= 15 is 0 Å². The first-order chi connectivity index (χ1) is 13.7. The van der Waals surface area contributed by atoms with Crippen LogP contribution in [0.3, 0.4) is 0 Å².